The zero-order valence-corrected chi connectivity index (χ0v) is 8.18. The fraction of sp³-hybridized carbons (Fsp3) is 0.400. The summed E-state index contributed by atoms with van der Waals surface area (Å²) in [6, 6.07) is 0. The van der Waals surface area contributed by atoms with Crippen LogP contribution in [0.3, 0.4) is 0 Å². The van der Waals surface area contributed by atoms with Crippen LogP contribution in [0.25, 0.3) is 0 Å². The van der Waals surface area contributed by atoms with Gasteiger partial charge in [0.1, 0.15) is 4.84 Å². The molecule has 11 heavy (non-hydrogen) atoms. The molecule has 0 bridgehead atoms. The van der Waals surface area contributed by atoms with Crippen LogP contribution in [0.1, 0.15) is 0 Å². The lowest BCUT2D eigenvalue weighted by Crippen LogP contribution is -2.28. The molecular weight excluding hydrogens is 234 g/mol. The molecule has 0 heterocycles. The van der Waals surface area contributed by atoms with Crippen molar-refractivity contribution in [1.82, 2.24) is 0 Å². The summed E-state index contributed by atoms with van der Waals surface area (Å²) in [6.07, 6.45) is 0. The van der Waals surface area contributed by atoms with Crippen molar-refractivity contribution in [2.24, 2.45) is 0 Å². The molecule has 0 aromatic heterocycles. The Morgan fingerprint density at radius 3 is 1.91 bits per heavy atom. The molecule has 0 rings (SSSR count). The monoisotopic (exact) mass is 236 g/mol. The number of carbonyl (C=O) groups is 1. The lowest BCUT2D eigenvalue weighted by Gasteiger charge is -2.19. The number of hydrogen-bond acceptors (Lipinski definition) is 1. The Kier molecular flexibility index (Phi) is 3.98. The summed E-state index contributed by atoms with van der Waals surface area (Å²) < 4.78 is -1.84. The van der Waals surface area contributed by atoms with Crippen molar-refractivity contribution in [2.45, 2.75) is 9.17 Å². The van der Waals surface area contributed by atoms with Crippen molar-refractivity contribution in [1.29, 1.82) is 0 Å². The zero-order chi connectivity index (χ0) is 9.23. The SMILES string of the molecule is C=C(C(=O)O)C(Cl)(Cl)C(Cl)Cl. The fourth-order valence-electron chi connectivity index (χ4n) is 0.274. The third kappa shape index (κ3) is 2.71. The van der Waals surface area contributed by atoms with E-state index < -0.39 is 20.7 Å². The summed E-state index contributed by atoms with van der Waals surface area (Å²) in [6.45, 7) is 3.11. The Morgan fingerprint density at radius 2 is 1.82 bits per heavy atom. The Morgan fingerprint density at radius 1 is 1.45 bits per heavy atom. The number of aliphatic carboxylic acids is 1. The van der Waals surface area contributed by atoms with Gasteiger partial charge in [0.25, 0.3) is 0 Å². The second-order valence-electron chi connectivity index (χ2n) is 1.71. The van der Waals surface area contributed by atoms with Gasteiger partial charge in [0, 0.05) is 0 Å². The normalized spacial score (nSPS) is 11.7. The van der Waals surface area contributed by atoms with E-state index in [2.05, 4.69) is 6.58 Å². The van der Waals surface area contributed by atoms with Gasteiger partial charge in [0.05, 0.1) is 5.57 Å². The van der Waals surface area contributed by atoms with Crippen LogP contribution in [0.15, 0.2) is 12.2 Å². The van der Waals surface area contributed by atoms with Crippen LogP contribution < -0.4 is 0 Å². The maximum Gasteiger partial charge on any atom is 0.334 e. The van der Waals surface area contributed by atoms with E-state index in [1.54, 1.807) is 0 Å². The highest BCUT2D eigenvalue weighted by Crippen LogP contribution is 2.38. The molecule has 0 spiro atoms. The maximum absolute atomic E-state index is 10.3. The number of carboxylic acids is 1. The van der Waals surface area contributed by atoms with E-state index in [-0.39, 0.29) is 0 Å². The zero-order valence-electron chi connectivity index (χ0n) is 5.15. The van der Waals surface area contributed by atoms with Gasteiger partial charge >= 0.3 is 5.97 Å². The summed E-state index contributed by atoms with van der Waals surface area (Å²) in [7, 11) is 0. The summed E-state index contributed by atoms with van der Waals surface area (Å²) >= 11 is 21.4. The minimum absolute atomic E-state index is 0.448. The predicted octanol–water partition coefficient (Wildman–Crippen LogP) is 2.60. The van der Waals surface area contributed by atoms with Gasteiger partial charge in [-0.05, 0) is 0 Å². The molecule has 0 saturated carbocycles. The highest BCUT2D eigenvalue weighted by Gasteiger charge is 2.38. The van der Waals surface area contributed by atoms with Crippen LogP contribution in [0.4, 0.5) is 0 Å². The number of alkyl halides is 4. The van der Waals surface area contributed by atoms with Crippen LogP contribution in [0.5, 0.6) is 0 Å². The first-order valence-electron chi connectivity index (χ1n) is 2.38. The molecule has 0 saturated heterocycles. The fourth-order valence-corrected chi connectivity index (χ4v) is 0.699. The van der Waals surface area contributed by atoms with Gasteiger partial charge < -0.3 is 5.11 Å². The van der Waals surface area contributed by atoms with Crippen molar-refractivity contribution in [2.75, 3.05) is 0 Å². The first kappa shape index (κ1) is 11.4. The van der Waals surface area contributed by atoms with Crippen molar-refractivity contribution < 1.29 is 9.90 Å². The van der Waals surface area contributed by atoms with Crippen molar-refractivity contribution in [3.8, 4) is 0 Å². The number of hydrogen-bond donors (Lipinski definition) is 1. The maximum atomic E-state index is 10.3. The minimum atomic E-state index is -1.84. The molecular formula is C5H4Cl4O2. The van der Waals surface area contributed by atoms with Crippen molar-refractivity contribution in [3.63, 3.8) is 0 Å². The van der Waals surface area contributed by atoms with Crippen LogP contribution in [-0.4, -0.2) is 20.2 Å². The van der Waals surface area contributed by atoms with Gasteiger partial charge in [-0.15, -0.1) is 23.2 Å². The molecule has 0 unspecified atom stereocenters. The number of carboxylic acid groups (broad SMARTS) is 1. The lowest BCUT2D eigenvalue weighted by atomic mass is 10.2. The highest BCUT2D eigenvalue weighted by molar-refractivity contribution is 6.62. The van der Waals surface area contributed by atoms with Gasteiger partial charge in [-0.25, -0.2) is 4.79 Å². The summed E-state index contributed by atoms with van der Waals surface area (Å²) in [5, 5.41) is 8.38. The molecule has 0 aromatic rings. The smallest absolute Gasteiger partial charge is 0.334 e. The molecule has 0 radical (unpaired) electrons. The first-order chi connectivity index (χ1) is 4.80. The van der Waals surface area contributed by atoms with E-state index in [9.17, 15) is 4.79 Å². The van der Waals surface area contributed by atoms with Crippen LogP contribution in [0.2, 0.25) is 0 Å². The minimum Gasteiger partial charge on any atom is -0.478 e. The molecule has 0 aromatic carbocycles. The topological polar surface area (TPSA) is 37.3 Å². The summed E-state index contributed by atoms with van der Waals surface area (Å²) in [5.41, 5.74) is -0.448. The van der Waals surface area contributed by atoms with Gasteiger partial charge in [-0.3, -0.25) is 0 Å². The summed E-state index contributed by atoms with van der Waals surface area (Å²) in [5.74, 6) is -1.33. The number of rotatable bonds is 3. The molecule has 6 heteroatoms. The van der Waals surface area contributed by atoms with E-state index in [0.29, 0.717) is 0 Å². The van der Waals surface area contributed by atoms with Crippen molar-refractivity contribution in [3.05, 3.63) is 12.2 Å². The number of halogens is 4. The molecule has 0 aliphatic heterocycles. The van der Waals surface area contributed by atoms with E-state index in [1.807, 2.05) is 0 Å². The molecule has 0 aliphatic rings. The third-order valence-electron chi connectivity index (χ3n) is 0.935. The average molecular weight is 238 g/mol. The summed E-state index contributed by atoms with van der Waals surface area (Å²) in [4.78, 5) is 9.04. The average Bonchev–Trinajstić information content (AvgIpc) is 1.85. The second-order valence-corrected chi connectivity index (χ2v) is 4.19. The first-order valence-corrected chi connectivity index (χ1v) is 4.01. The highest BCUT2D eigenvalue weighted by atomic mass is 35.5. The van der Waals surface area contributed by atoms with Gasteiger partial charge in [0.15, 0.2) is 4.33 Å². The molecule has 2 nitrogen and oxygen atoms in total. The Labute approximate surface area is 83.7 Å². The molecule has 0 amide bonds. The second kappa shape index (κ2) is 3.85. The Balaban J connectivity index is 4.56. The molecule has 0 fully saturated rings. The molecule has 1 N–H and O–H groups in total. The van der Waals surface area contributed by atoms with Gasteiger partial charge in [-0.2, -0.15) is 0 Å². The van der Waals surface area contributed by atoms with Crippen molar-refractivity contribution >= 4 is 52.4 Å². The quantitative estimate of drug-likeness (QED) is 0.605. The van der Waals surface area contributed by atoms with Crippen LogP contribution >= 0.6 is 46.4 Å². The van der Waals surface area contributed by atoms with Gasteiger partial charge in [-0.1, -0.05) is 29.8 Å². The largest absolute Gasteiger partial charge is 0.478 e. The van der Waals surface area contributed by atoms with E-state index >= 15 is 0 Å². The lowest BCUT2D eigenvalue weighted by molar-refractivity contribution is -0.132. The molecule has 0 atom stereocenters. The van der Waals surface area contributed by atoms with E-state index in [1.165, 1.54) is 0 Å². The third-order valence-corrected chi connectivity index (χ3v) is 2.93. The van der Waals surface area contributed by atoms with Crippen LogP contribution in [-0.2, 0) is 4.79 Å². The van der Waals surface area contributed by atoms with Crippen LogP contribution in [0, 0.1) is 0 Å². The molecule has 0 aliphatic carbocycles. The Hall–Kier alpha value is 0.370. The van der Waals surface area contributed by atoms with Gasteiger partial charge in [0.2, 0.25) is 0 Å². The predicted molar refractivity (Wildman–Crippen MR) is 46.7 cm³/mol. The molecule has 64 valence electrons. The Bertz CT molecular complexity index is 187. The standard InChI is InChI=1S/C5H4Cl4O2/c1-2(3(10)11)5(8,9)4(6)7/h4H,1H2,(H,10,11). The van der Waals surface area contributed by atoms with E-state index in [0.717, 1.165) is 0 Å². The van der Waals surface area contributed by atoms with E-state index in [4.69, 9.17) is 51.5 Å².